The maximum atomic E-state index is 12.7. The molecule has 2 aromatic rings. The maximum absolute atomic E-state index is 12.7. The molecule has 1 aromatic heterocycles. The molecule has 0 spiro atoms. The molecule has 0 aliphatic rings. The Kier molecular flexibility index (Phi) is 4.33. The van der Waals surface area contributed by atoms with Crippen molar-refractivity contribution in [1.29, 1.82) is 5.26 Å². The van der Waals surface area contributed by atoms with Crippen molar-refractivity contribution in [2.75, 3.05) is 5.73 Å². The number of aromatic nitrogens is 2. The zero-order chi connectivity index (χ0) is 16.5. The van der Waals surface area contributed by atoms with Crippen molar-refractivity contribution in [1.82, 2.24) is 9.78 Å². The van der Waals surface area contributed by atoms with Crippen LogP contribution in [0, 0.1) is 11.3 Å². The van der Waals surface area contributed by atoms with Crippen LogP contribution in [-0.4, -0.2) is 9.78 Å². The van der Waals surface area contributed by atoms with Crippen molar-refractivity contribution in [3.63, 3.8) is 0 Å². The molecule has 1 heterocycles. The topological polar surface area (TPSA) is 67.6 Å². The smallest absolute Gasteiger partial charge is 0.381 e. The van der Waals surface area contributed by atoms with Crippen molar-refractivity contribution in [3.05, 3.63) is 40.0 Å². The van der Waals surface area contributed by atoms with Crippen LogP contribution in [0.1, 0.15) is 30.2 Å². The summed E-state index contributed by atoms with van der Waals surface area (Å²) in [6.45, 7) is 1.91. The van der Waals surface area contributed by atoms with Gasteiger partial charge in [0.05, 0.1) is 22.0 Å². The molecule has 2 N–H and O–H groups in total. The van der Waals surface area contributed by atoms with Gasteiger partial charge in [0.2, 0.25) is 0 Å². The van der Waals surface area contributed by atoms with Gasteiger partial charge in [0.25, 0.3) is 0 Å². The zero-order valence-electron chi connectivity index (χ0n) is 11.6. The molecule has 116 valence electrons. The second-order valence-corrected chi connectivity index (χ2v) is 5.05. The first kappa shape index (κ1) is 16.2. The normalized spacial score (nSPS) is 11.5. The van der Waals surface area contributed by atoms with E-state index in [-0.39, 0.29) is 22.1 Å². The molecule has 1 aromatic carbocycles. The van der Waals surface area contributed by atoms with Crippen molar-refractivity contribution in [3.8, 4) is 11.8 Å². The summed E-state index contributed by atoms with van der Waals surface area (Å²) in [5.74, 6) is 0.0296. The molecule has 0 saturated carbocycles. The summed E-state index contributed by atoms with van der Waals surface area (Å²) in [6, 6.07) is 4.93. The third-order valence-corrected chi connectivity index (χ3v) is 3.41. The van der Waals surface area contributed by atoms with Crippen LogP contribution < -0.4 is 5.73 Å². The predicted molar refractivity (Wildman–Crippen MR) is 76.7 cm³/mol. The Morgan fingerprint density at radius 3 is 2.59 bits per heavy atom. The van der Waals surface area contributed by atoms with Gasteiger partial charge in [-0.3, -0.25) is 0 Å². The lowest BCUT2D eigenvalue weighted by atomic mass is 10.1. The number of hydrogen-bond acceptors (Lipinski definition) is 3. The SMILES string of the molecule is CCCc1c(C#N)c(N)nn1-c1ccc(C(F)(F)F)cc1Cl. The summed E-state index contributed by atoms with van der Waals surface area (Å²) >= 11 is 5.96. The number of nitrogens with zero attached hydrogens (tertiary/aromatic N) is 3. The molecule has 22 heavy (non-hydrogen) atoms. The van der Waals surface area contributed by atoms with Crippen molar-refractivity contribution in [2.45, 2.75) is 25.9 Å². The summed E-state index contributed by atoms with van der Waals surface area (Å²) in [5, 5.41) is 13.1. The molecule has 0 radical (unpaired) electrons. The molecule has 0 saturated heterocycles. The summed E-state index contributed by atoms with van der Waals surface area (Å²) in [5.41, 5.74) is 5.85. The number of anilines is 1. The third-order valence-electron chi connectivity index (χ3n) is 3.11. The van der Waals surface area contributed by atoms with E-state index >= 15 is 0 Å². The minimum atomic E-state index is -4.48. The van der Waals surface area contributed by atoms with Crippen LogP contribution >= 0.6 is 11.6 Å². The van der Waals surface area contributed by atoms with Crippen LogP contribution in [0.15, 0.2) is 18.2 Å². The van der Waals surface area contributed by atoms with Gasteiger partial charge in [-0.05, 0) is 24.6 Å². The van der Waals surface area contributed by atoms with Gasteiger partial charge in [-0.25, -0.2) is 4.68 Å². The average Bonchev–Trinajstić information content (AvgIpc) is 2.74. The first-order valence-corrected chi connectivity index (χ1v) is 6.82. The number of hydrogen-bond donors (Lipinski definition) is 1. The molecule has 0 fully saturated rings. The quantitative estimate of drug-likeness (QED) is 0.927. The number of benzene rings is 1. The lowest BCUT2D eigenvalue weighted by Crippen LogP contribution is -2.08. The summed E-state index contributed by atoms with van der Waals surface area (Å²) in [7, 11) is 0. The predicted octanol–water partition coefficient (Wildman–Crippen LogP) is 3.95. The van der Waals surface area contributed by atoms with E-state index in [2.05, 4.69) is 5.10 Å². The Bertz CT molecular complexity index is 744. The number of halogens is 4. The van der Waals surface area contributed by atoms with Gasteiger partial charge in [0.15, 0.2) is 5.82 Å². The Hall–Kier alpha value is -2.20. The Morgan fingerprint density at radius 1 is 1.41 bits per heavy atom. The van der Waals surface area contributed by atoms with E-state index in [9.17, 15) is 13.2 Å². The van der Waals surface area contributed by atoms with E-state index in [1.807, 2.05) is 13.0 Å². The molecule has 0 aliphatic heterocycles. The van der Waals surface area contributed by atoms with Gasteiger partial charge in [0, 0.05) is 0 Å². The van der Waals surface area contributed by atoms with Gasteiger partial charge < -0.3 is 5.73 Å². The fourth-order valence-electron chi connectivity index (χ4n) is 2.12. The van der Waals surface area contributed by atoms with Crippen molar-refractivity contribution < 1.29 is 13.2 Å². The third kappa shape index (κ3) is 2.88. The van der Waals surface area contributed by atoms with Gasteiger partial charge in [-0.15, -0.1) is 5.10 Å². The van der Waals surface area contributed by atoms with Crippen LogP contribution in [-0.2, 0) is 12.6 Å². The van der Waals surface area contributed by atoms with Crippen molar-refractivity contribution in [2.24, 2.45) is 0 Å². The molecular weight excluding hydrogens is 317 g/mol. The highest BCUT2D eigenvalue weighted by Gasteiger charge is 2.31. The van der Waals surface area contributed by atoms with E-state index in [0.29, 0.717) is 12.1 Å². The molecule has 0 bridgehead atoms. The lowest BCUT2D eigenvalue weighted by molar-refractivity contribution is -0.137. The van der Waals surface area contributed by atoms with Gasteiger partial charge in [-0.1, -0.05) is 24.9 Å². The molecule has 0 amide bonds. The first-order valence-electron chi connectivity index (χ1n) is 6.44. The Balaban J connectivity index is 2.60. The molecule has 0 atom stereocenters. The van der Waals surface area contributed by atoms with E-state index in [0.717, 1.165) is 18.6 Å². The average molecular weight is 329 g/mol. The van der Waals surface area contributed by atoms with Crippen LogP contribution in [0.4, 0.5) is 19.0 Å². The van der Waals surface area contributed by atoms with Crippen molar-refractivity contribution >= 4 is 17.4 Å². The molecule has 8 heteroatoms. The highest BCUT2D eigenvalue weighted by molar-refractivity contribution is 6.32. The molecular formula is C14H12ClF3N4. The second-order valence-electron chi connectivity index (χ2n) is 4.64. The number of alkyl halides is 3. The van der Waals surface area contributed by atoms with E-state index in [4.69, 9.17) is 22.6 Å². The molecule has 0 aliphatic carbocycles. The minimum Gasteiger partial charge on any atom is -0.381 e. The van der Waals surface area contributed by atoms with Gasteiger partial charge in [-0.2, -0.15) is 18.4 Å². The van der Waals surface area contributed by atoms with Crippen LogP contribution in [0.25, 0.3) is 5.69 Å². The first-order chi connectivity index (χ1) is 10.3. The fraction of sp³-hybridized carbons (Fsp3) is 0.286. The summed E-state index contributed by atoms with van der Waals surface area (Å²) in [4.78, 5) is 0. The van der Waals surface area contributed by atoms with E-state index in [1.165, 1.54) is 10.7 Å². The van der Waals surface area contributed by atoms with Crippen LogP contribution in [0.3, 0.4) is 0 Å². The Morgan fingerprint density at radius 2 is 2.09 bits per heavy atom. The second kappa shape index (κ2) is 5.89. The summed E-state index contributed by atoms with van der Waals surface area (Å²) < 4.78 is 39.4. The number of rotatable bonds is 3. The van der Waals surface area contributed by atoms with Gasteiger partial charge >= 0.3 is 6.18 Å². The number of nitrogens with two attached hydrogens (primary N) is 1. The largest absolute Gasteiger partial charge is 0.416 e. The van der Waals surface area contributed by atoms with Crippen LogP contribution in [0.5, 0.6) is 0 Å². The summed E-state index contributed by atoms with van der Waals surface area (Å²) in [6.07, 6.45) is -3.25. The van der Waals surface area contributed by atoms with Gasteiger partial charge in [0.1, 0.15) is 11.6 Å². The lowest BCUT2D eigenvalue weighted by Gasteiger charge is -2.12. The Labute approximate surface area is 129 Å². The van der Waals surface area contributed by atoms with E-state index < -0.39 is 11.7 Å². The minimum absolute atomic E-state index is 0.0296. The number of nitriles is 1. The van der Waals surface area contributed by atoms with E-state index in [1.54, 1.807) is 0 Å². The highest BCUT2D eigenvalue weighted by Crippen LogP contribution is 2.34. The molecule has 4 nitrogen and oxygen atoms in total. The fourth-order valence-corrected chi connectivity index (χ4v) is 2.38. The highest BCUT2D eigenvalue weighted by atomic mass is 35.5. The molecule has 2 rings (SSSR count). The zero-order valence-corrected chi connectivity index (χ0v) is 12.3. The van der Waals surface area contributed by atoms with Crippen LogP contribution in [0.2, 0.25) is 5.02 Å². The molecule has 0 unspecified atom stereocenters. The number of nitrogen functional groups attached to an aromatic ring is 1. The maximum Gasteiger partial charge on any atom is 0.416 e. The standard InChI is InChI=1S/C14H12ClF3N4/c1-2-3-11-9(7-19)13(20)21-22(11)12-5-4-8(6-10(12)15)14(16,17)18/h4-6H,2-3H2,1H3,(H2,20,21). The monoisotopic (exact) mass is 328 g/mol.